The molecule has 0 saturated heterocycles. The number of ether oxygens (including phenoxy) is 1. The maximum absolute atomic E-state index is 13.5. The normalized spacial score (nSPS) is 11.2. The van der Waals surface area contributed by atoms with Crippen molar-refractivity contribution >= 4 is 34.7 Å². The Bertz CT molecular complexity index is 1460. The number of amidine groups is 1. The molecule has 0 radical (unpaired) electrons. The summed E-state index contributed by atoms with van der Waals surface area (Å²) in [4.78, 5) is 25.4. The van der Waals surface area contributed by atoms with E-state index < -0.39 is 11.9 Å². The molecule has 36 heavy (non-hydrogen) atoms. The van der Waals surface area contributed by atoms with E-state index in [1.54, 1.807) is 65.9 Å². The fourth-order valence-corrected chi connectivity index (χ4v) is 4.83. The number of hydrogen-bond donors (Lipinski definition) is 4. The van der Waals surface area contributed by atoms with Crippen LogP contribution >= 0.6 is 11.3 Å². The topological polar surface area (TPSA) is 126 Å². The quantitative estimate of drug-likeness (QED) is 0.191. The molecule has 0 fully saturated rings. The highest BCUT2D eigenvalue weighted by Gasteiger charge is 2.25. The molecule has 2 heterocycles. The summed E-state index contributed by atoms with van der Waals surface area (Å²) in [7, 11) is 0. The molecule has 0 bridgehead atoms. The van der Waals surface area contributed by atoms with Crippen LogP contribution in [-0.2, 0) is 6.61 Å². The summed E-state index contributed by atoms with van der Waals surface area (Å²) in [6, 6.07) is 16.7. The van der Waals surface area contributed by atoms with Gasteiger partial charge in [-0.1, -0.05) is 32.0 Å². The van der Waals surface area contributed by atoms with Gasteiger partial charge in [0, 0.05) is 33.5 Å². The lowest BCUT2D eigenvalue weighted by atomic mass is 9.90. The minimum absolute atomic E-state index is 0.0632. The van der Waals surface area contributed by atoms with Crippen molar-refractivity contribution in [2.45, 2.75) is 20.5 Å². The number of rotatable bonds is 5. The van der Waals surface area contributed by atoms with E-state index in [1.165, 1.54) is 6.07 Å². The first-order valence-corrected chi connectivity index (χ1v) is 12.3. The maximum Gasteiger partial charge on any atom is 0.336 e. The van der Waals surface area contributed by atoms with E-state index in [0.717, 1.165) is 16.7 Å². The van der Waals surface area contributed by atoms with Crippen LogP contribution in [0.25, 0.3) is 22.3 Å². The lowest BCUT2D eigenvalue weighted by Gasteiger charge is -2.22. The highest BCUT2D eigenvalue weighted by Crippen LogP contribution is 2.43. The number of anilines is 1. The third-order valence-electron chi connectivity index (χ3n) is 5.68. The lowest BCUT2D eigenvalue weighted by Crippen LogP contribution is -2.16. The van der Waals surface area contributed by atoms with E-state index in [4.69, 9.17) is 15.9 Å². The number of benzene rings is 3. The van der Waals surface area contributed by atoms with Crippen molar-refractivity contribution in [1.82, 2.24) is 0 Å². The van der Waals surface area contributed by atoms with Gasteiger partial charge in [-0.05, 0) is 64.4 Å². The highest BCUT2D eigenvalue weighted by molar-refractivity contribution is 7.08. The molecule has 0 unspecified atom stereocenters. The fraction of sp³-hybridized carbons (Fsp3) is 0.107. The second kappa shape index (κ2) is 10.5. The predicted octanol–water partition coefficient (Wildman–Crippen LogP) is 6.24. The molecule has 8 heteroatoms. The summed E-state index contributed by atoms with van der Waals surface area (Å²) >= 11 is 1.56. The zero-order chi connectivity index (χ0) is 25.8. The number of amides is 1. The van der Waals surface area contributed by atoms with E-state index >= 15 is 0 Å². The van der Waals surface area contributed by atoms with Crippen LogP contribution in [0, 0.1) is 5.41 Å². The van der Waals surface area contributed by atoms with Crippen LogP contribution < -0.4 is 15.8 Å². The Morgan fingerprint density at radius 3 is 2.36 bits per heavy atom. The van der Waals surface area contributed by atoms with Crippen LogP contribution in [0.3, 0.4) is 0 Å². The second-order valence-electron chi connectivity index (χ2n) is 7.79. The van der Waals surface area contributed by atoms with Crippen LogP contribution in [0.5, 0.6) is 5.75 Å². The SMILES string of the molecule is CC.N=C(N)c1ccc(NC(=O)c2cc3c(cc2-c2ccccc2C(=O)O)OCc2cscc2-3)cc1. The standard InChI is InChI=1S/C26H19N3O4S.C2H6/c27-24(28)14-5-7-16(8-6-14)29-25(30)21-9-20-22-13-34-12-15(22)11-33-23(20)10-19(21)17-3-1-2-4-18(17)26(31)32;1-2/h1-10,12-13H,11H2,(H3,27,28)(H,29,30)(H,31,32);1-2H3. The van der Waals surface area contributed by atoms with E-state index in [1.807, 2.05) is 24.6 Å². The van der Waals surface area contributed by atoms with Gasteiger partial charge in [-0.15, -0.1) is 0 Å². The van der Waals surface area contributed by atoms with Gasteiger partial charge < -0.3 is 20.9 Å². The van der Waals surface area contributed by atoms with Crippen molar-refractivity contribution in [3.8, 4) is 28.0 Å². The van der Waals surface area contributed by atoms with Crippen LogP contribution in [0.2, 0.25) is 0 Å². The Kier molecular flexibility index (Phi) is 7.17. The van der Waals surface area contributed by atoms with Crippen molar-refractivity contribution in [2.75, 3.05) is 5.32 Å². The number of fused-ring (bicyclic) bond motifs is 3. The molecule has 3 aromatic carbocycles. The average Bonchev–Trinajstić information content (AvgIpc) is 3.39. The molecule has 5 N–H and O–H groups in total. The van der Waals surface area contributed by atoms with Gasteiger partial charge in [0.15, 0.2) is 0 Å². The third-order valence-corrected chi connectivity index (χ3v) is 6.47. The zero-order valence-corrected chi connectivity index (χ0v) is 20.6. The van der Waals surface area contributed by atoms with Gasteiger partial charge in [-0.3, -0.25) is 10.2 Å². The monoisotopic (exact) mass is 499 g/mol. The summed E-state index contributed by atoms with van der Waals surface area (Å²) < 4.78 is 5.95. The van der Waals surface area contributed by atoms with Gasteiger partial charge in [0.25, 0.3) is 5.91 Å². The van der Waals surface area contributed by atoms with Gasteiger partial charge in [0.2, 0.25) is 0 Å². The molecule has 7 nitrogen and oxygen atoms in total. The van der Waals surface area contributed by atoms with Crippen molar-refractivity contribution in [3.63, 3.8) is 0 Å². The molecular weight excluding hydrogens is 474 g/mol. The largest absolute Gasteiger partial charge is 0.488 e. The van der Waals surface area contributed by atoms with Crippen molar-refractivity contribution < 1.29 is 19.4 Å². The molecular formula is C28H25N3O4S. The molecule has 1 amide bonds. The molecule has 0 atom stereocenters. The first kappa shape index (κ1) is 24.7. The van der Waals surface area contributed by atoms with Gasteiger partial charge in [-0.25, -0.2) is 4.79 Å². The predicted molar refractivity (Wildman–Crippen MR) is 143 cm³/mol. The van der Waals surface area contributed by atoms with E-state index in [9.17, 15) is 14.7 Å². The summed E-state index contributed by atoms with van der Waals surface area (Å²) in [5, 5.41) is 24.2. The molecule has 0 aliphatic carbocycles. The number of aromatic carboxylic acids is 1. The lowest BCUT2D eigenvalue weighted by molar-refractivity contribution is 0.0697. The van der Waals surface area contributed by atoms with Crippen molar-refractivity contribution in [2.24, 2.45) is 5.73 Å². The summed E-state index contributed by atoms with van der Waals surface area (Å²) in [6.45, 7) is 4.42. The molecule has 4 aromatic rings. The van der Waals surface area contributed by atoms with Gasteiger partial charge in [0.05, 0.1) is 5.56 Å². The Morgan fingerprint density at radius 1 is 0.944 bits per heavy atom. The summed E-state index contributed by atoms with van der Waals surface area (Å²) in [5.41, 5.74) is 10.7. The van der Waals surface area contributed by atoms with Gasteiger partial charge >= 0.3 is 5.97 Å². The maximum atomic E-state index is 13.5. The molecule has 5 rings (SSSR count). The number of carbonyl (C=O) groups is 2. The van der Waals surface area contributed by atoms with E-state index in [0.29, 0.717) is 40.3 Å². The molecule has 1 aromatic heterocycles. The molecule has 0 spiro atoms. The minimum Gasteiger partial charge on any atom is -0.488 e. The van der Waals surface area contributed by atoms with E-state index in [2.05, 4.69) is 5.32 Å². The zero-order valence-electron chi connectivity index (χ0n) is 19.8. The van der Waals surface area contributed by atoms with Crippen LogP contribution in [0.15, 0.2) is 71.4 Å². The number of thiophene rings is 1. The van der Waals surface area contributed by atoms with Crippen molar-refractivity contribution in [3.05, 3.63) is 93.7 Å². The molecule has 0 saturated carbocycles. The van der Waals surface area contributed by atoms with Crippen LogP contribution in [-0.4, -0.2) is 22.8 Å². The number of carboxylic acids is 1. The molecule has 182 valence electrons. The molecule has 1 aliphatic heterocycles. The van der Waals surface area contributed by atoms with Gasteiger partial charge in [-0.2, -0.15) is 11.3 Å². The van der Waals surface area contributed by atoms with Crippen LogP contribution in [0.4, 0.5) is 5.69 Å². The number of carboxylic acid groups (broad SMARTS) is 1. The van der Waals surface area contributed by atoms with Crippen LogP contribution in [0.1, 0.15) is 45.7 Å². The number of hydrogen-bond acceptors (Lipinski definition) is 5. The van der Waals surface area contributed by atoms with E-state index in [-0.39, 0.29) is 11.4 Å². The first-order valence-electron chi connectivity index (χ1n) is 11.4. The average molecular weight is 500 g/mol. The van der Waals surface area contributed by atoms with Crippen molar-refractivity contribution in [1.29, 1.82) is 5.41 Å². The Hall–Kier alpha value is -4.43. The Balaban J connectivity index is 0.00000148. The number of nitrogens with two attached hydrogens (primary N) is 1. The summed E-state index contributed by atoms with van der Waals surface area (Å²) in [6.07, 6.45) is 0. The highest BCUT2D eigenvalue weighted by atomic mass is 32.1. The Labute approximate surface area is 212 Å². The summed E-state index contributed by atoms with van der Waals surface area (Å²) in [5.74, 6) is -0.938. The van der Waals surface area contributed by atoms with Gasteiger partial charge in [0.1, 0.15) is 18.2 Å². The third kappa shape index (κ3) is 4.71. The number of nitrogens with one attached hydrogen (secondary N) is 2. The second-order valence-corrected chi connectivity index (χ2v) is 8.53. The minimum atomic E-state index is -1.08. The number of nitrogen functional groups attached to an aromatic ring is 1. The Morgan fingerprint density at radius 2 is 1.67 bits per heavy atom. The number of carbonyl (C=O) groups excluding carboxylic acids is 1. The fourth-order valence-electron chi connectivity index (χ4n) is 3.98. The smallest absolute Gasteiger partial charge is 0.336 e. The first-order chi connectivity index (χ1) is 17.4. The molecule has 1 aliphatic rings.